The fourth-order valence-electron chi connectivity index (χ4n) is 2.64. The lowest BCUT2D eigenvalue weighted by Crippen LogP contribution is -2.26. The standard InChI is InChI=1S/C13H27N.C2H6.C2H2.CH4/c1-3-11-14(2)12-13-9-7-5-4-6-8-10-13;2*1-2;/h13H,3-12H2,1-2H3;1-2H3;1-2H;1H4. The lowest BCUT2D eigenvalue weighted by Gasteiger charge is -2.25. The predicted octanol–water partition coefficient (Wildman–Crippen LogP) is 5.60. The molecule has 0 unspecified atom stereocenters. The highest BCUT2D eigenvalue weighted by atomic mass is 15.1. The SMILES string of the molecule is C.C#C.CC.CCCN(C)CC1CCCCCCC1. The smallest absolute Gasteiger partial charge is 0.000660 e. The minimum atomic E-state index is 0. The van der Waals surface area contributed by atoms with Crippen molar-refractivity contribution in [3.63, 3.8) is 0 Å². The molecule has 0 saturated heterocycles. The van der Waals surface area contributed by atoms with Gasteiger partial charge in [-0.15, -0.1) is 12.8 Å². The fraction of sp³-hybridized carbons (Fsp3) is 0.889. The summed E-state index contributed by atoms with van der Waals surface area (Å²) in [5.41, 5.74) is 0. The Morgan fingerprint density at radius 1 is 0.947 bits per heavy atom. The third kappa shape index (κ3) is 15.5. The van der Waals surface area contributed by atoms with Crippen LogP contribution in [0.15, 0.2) is 0 Å². The summed E-state index contributed by atoms with van der Waals surface area (Å²) in [5, 5.41) is 0. The Morgan fingerprint density at radius 3 is 1.79 bits per heavy atom. The molecule has 0 bridgehead atoms. The molecule has 0 aromatic rings. The minimum absolute atomic E-state index is 0. The van der Waals surface area contributed by atoms with E-state index in [-0.39, 0.29) is 7.43 Å². The van der Waals surface area contributed by atoms with Crippen LogP contribution in [0.25, 0.3) is 0 Å². The van der Waals surface area contributed by atoms with Crippen LogP contribution < -0.4 is 0 Å². The van der Waals surface area contributed by atoms with Gasteiger partial charge in [0, 0.05) is 6.54 Å². The molecule has 0 aliphatic heterocycles. The zero-order valence-electron chi connectivity index (χ0n) is 13.3. The Kier molecular flexibility index (Phi) is 24.7. The molecule has 1 aliphatic carbocycles. The quantitative estimate of drug-likeness (QED) is 0.600. The van der Waals surface area contributed by atoms with Crippen molar-refractivity contribution in [3.8, 4) is 12.8 Å². The average Bonchev–Trinajstić information content (AvgIpc) is 2.38. The first-order valence-corrected chi connectivity index (χ1v) is 7.84. The van der Waals surface area contributed by atoms with Crippen LogP contribution in [0.3, 0.4) is 0 Å². The fourth-order valence-corrected chi connectivity index (χ4v) is 2.64. The van der Waals surface area contributed by atoms with Gasteiger partial charge in [-0.05, 0) is 38.8 Å². The molecule has 1 aliphatic rings. The summed E-state index contributed by atoms with van der Waals surface area (Å²) in [5.74, 6) is 0.992. The van der Waals surface area contributed by atoms with E-state index < -0.39 is 0 Å². The van der Waals surface area contributed by atoms with Crippen LogP contribution in [-0.2, 0) is 0 Å². The maximum absolute atomic E-state index is 4.00. The van der Waals surface area contributed by atoms with Crippen molar-refractivity contribution in [3.05, 3.63) is 0 Å². The molecule has 1 rings (SSSR count). The van der Waals surface area contributed by atoms with Crippen molar-refractivity contribution in [2.45, 2.75) is 79.6 Å². The summed E-state index contributed by atoms with van der Waals surface area (Å²) in [6.07, 6.45) is 19.7. The molecule has 0 amide bonds. The zero-order valence-corrected chi connectivity index (χ0v) is 13.3. The molecule has 116 valence electrons. The van der Waals surface area contributed by atoms with E-state index in [1.807, 2.05) is 13.8 Å². The van der Waals surface area contributed by atoms with E-state index in [4.69, 9.17) is 0 Å². The molecule has 0 aromatic carbocycles. The van der Waals surface area contributed by atoms with Gasteiger partial charge in [0.1, 0.15) is 0 Å². The van der Waals surface area contributed by atoms with Crippen LogP contribution >= 0.6 is 0 Å². The van der Waals surface area contributed by atoms with Crippen molar-refractivity contribution in [1.82, 2.24) is 4.90 Å². The Bertz CT molecular complexity index is 154. The Morgan fingerprint density at radius 2 is 1.37 bits per heavy atom. The molecule has 1 saturated carbocycles. The van der Waals surface area contributed by atoms with Gasteiger partial charge in [0.2, 0.25) is 0 Å². The van der Waals surface area contributed by atoms with Crippen molar-refractivity contribution >= 4 is 0 Å². The van der Waals surface area contributed by atoms with Crippen LogP contribution in [0.5, 0.6) is 0 Å². The molecule has 0 aromatic heterocycles. The second-order valence-electron chi connectivity index (χ2n) is 4.97. The van der Waals surface area contributed by atoms with Crippen LogP contribution in [0, 0.1) is 18.8 Å². The molecule has 1 nitrogen and oxygen atoms in total. The van der Waals surface area contributed by atoms with E-state index in [1.54, 1.807) is 0 Å². The van der Waals surface area contributed by atoms with E-state index in [9.17, 15) is 0 Å². The van der Waals surface area contributed by atoms with Gasteiger partial charge in [-0.1, -0.05) is 60.3 Å². The first-order valence-electron chi connectivity index (χ1n) is 7.84. The second-order valence-corrected chi connectivity index (χ2v) is 4.97. The van der Waals surface area contributed by atoms with Crippen molar-refractivity contribution in [1.29, 1.82) is 0 Å². The van der Waals surface area contributed by atoms with E-state index in [0.717, 1.165) is 5.92 Å². The molecule has 1 heteroatoms. The van der Waals surface area contributed by atoms with Gasteiger partial charge >= 0.3 is 0 Å². The average molecular weight is 270 g/mol. The molecule has 19 heavy (non-hydrogen) atoms. The number of hydrogen-bond donors (Lipinski definition) is 0. The van der Waals surface area contributed by atoms with E-state index >= 15 is 0 Å². The molecular weight excluding hydrogens is 230 g/mol. The van der Waals surface area contributed by atoms with E-state index in [2.05, 4.69) is 31.7 Å². The number of nitrogens with zero attached hydrogens (tertiary/aromatic N) is 1. The second kappa shape index (κ2) is 19.9. The Hall–Kier alpha value is -0.480. The molecule has 1 fully saturated rings. The molecule has 0 spiro atoms. The van der Waals surface area contributed by atoms with Crippen molar-refractivity contribution in [2.24, 2.45) is 5.92 Å². The third-order valence-electron chi connectivity index (χ3n) is 3.40. The van der Waals surface area contributed by atoms with Crippen LogP contribution in [-0.4, -0.2) is 25.0 Å². The lowest BCUT2D eigenvalue weighted by molar-refractivity contribution is 0.244. The van der Waals surface area contributed by atoms with Gasteiger partial charge in [0.05, 0.1) is 0 Å². The molecule has 0 atom stereocenters. The third-order valence-corrected chi connectivity index (χ3v) is 3.40. The molecule has 0 radical (unpaired) electrons. The highest BCUT2D eigenvalue weighted by Crippen LogP contribution is 2.22. The molecule has 0 heterocycles. The predicted molar refractivity (Wildman–Crippen MR) is 91.6 cm³/mol. The minimum Gasteiger partial charge on any atom is -0.306 e. The number of terminal acetylenes is 1. The number of hydrogen-bond acceptors (Lipinski definition) is 1. The summed E-state index contributed by atoms with van der Waals surface area (Å²) < 4.78 is 0. The van der Waals surface area contributed by atoms with Crippen LogP contribution in [0.1, 0.15) is 79.6 Å². The summed E-state index contributed by atoms with van der Waals surface area (Å²) in [7, 11) is 2.28. The highest BCUT2D eigenvalue weighted by Gasteiger charge is 2.12. The summed E-state index contributed by atoms with van der Waals surface area (Å²) in [6, 6.07) is 0. The van der Waals surface area contributed by atoms with Gasteiger partial charge in [0.15, 0.2) is 0 Å². The topological polar surface area (TPSA) is 3.24 Å². The lowest BCUT2D eigenvalue weighted by atomic mass is 9.91. The van der Waals surface area contributed by atoms with Gasteiger partial charge in [-0.2, -0.15) is 0 Å². The van der Waals surface area contributed by atoms with E-state index in [0.29, 0.717) is 0 Å². The summed E-state index contributed by atoms with van der Waals surface area (Å²) in [4.78, 5) is 2.52. The van der Waals surface area contributed by atoms with Gasteiger partial charge < -0.3 is 4.90 Å². The monoisotopic (exact) mass is 269 g/mol. The van der Waals surface area contributed by atoms with Crippen LogP contribution in [0.4, 0.5) is 0 Å². The first kappa shape index (κ1) is 23.6. The maximum atomic E-state index is 4.00. The Balaban J connectivity index is -0.000000467. The largest absolute Gasteiger partial charge is 0.306 e. The summed E-state index contributed by atoms with van der Waals surface area (Å²) >= 11 is 0. The van der Waals surface area contributed by atoms with Gasteiger partial charge in [-0.3, -0.25) is 0 Å². The highest BCUT2D eigenvalue weighted by molar-refractivity contribution is 4.67. The number of rotatable bonds is 4. The molecule has 0 N–H and O–H groups in total. The van der Waals surface area contributed by atoms with Crippen molar-refractivity contribution < 1.29 is 0 Å². The summed E-state index contributed by atoms with van der Waals surface area (Å²) in [6.45, 7) is 8.89. The Labute approximate surface area is 124 Å². The first-order chi connectivity index (χ1) is 8.83. The van der Waals surface area contributed by atoms with Gasteiger partial charge in [-0.25, -0.2) is 0 Å². The van der Waals surface area contributed by atoms with Gasteiger partial charge in [0.25, 0.3) is 0 Å². The maximum Gasteiger partial charge on any atom is 0.000660 e. The van der Waals surface area contributed by atoms with Crippen LogP contribution in [0.2, 0.25) is 0 Å². The van der Waals surface area contributed by atoms with E-state index in [1.165, 1.54) is 64.5 Å². The van der Waals surface area contributed by atoms with Crippen molar-refractivity contribution in [2.75, 3.05) is 20.1 Å². The normalized spacial score (nSPS) is 15.7. The molecular formula is C18H39N. The zero-order chi connectivity index (χ0) is 14.2.